The highest BCUT2D eigenvalue weighted by Crippen LogP contribution is 2.22. The number of nitrogens with zero attached hydrogens (tertiary/aromatic N) is 1. The van der Waals surface area contributed by atoms with Gasteiger partial charge in [0.05, 0.1) is 0 Å². The second-order valence-corrected chi connectivity index (χ2v) is 3.97. The Labute approximate surface area is 104 Å². The van der Waals surface area contributed by atoms with Gasteiger partial charge in [-0.25, -0.2) is 0 Å². The molecule has 0 atom stereocenters. The molecule has 5 heteroatoms. The first-order chi connectivity index (χ1) is 8.58. The van der Waals surface area contributed by atoms with Gasteiger partial charge in [0, 0.05) is 30.6 Å². The van der Waals surface area contributed by atoms with Gasteiger partial charge in [-0.15, -0.1) is 0 Å². The number of rotatable bonds is 2. The smallest absolute Gasteiger partial charge is 0.271 e. The van der Waals surface area contributed by atoms with Crippen LogP contribution in [0.3, 0.4) is 0 Å². The molecular weight excluding hydrogens is 230 g/mol. The summed E-state index contributed by atoms with van der Waals surface area (Å²) in [5, 5.41) is 2.51. The molecule has 2 aromatic rings. The predicted octanol–water partition coefficient (Wildman–Crippen LogP) is 1.70. The van der Waals surface area contributed by atoms with Crippen molar-refractivity contribution in [2.45, 2.75) is 13.8 Å². The van der Waals surface area contributed by atoms with E-state index >= 15 is 0 Å². The summed E-state index contributed by atoms with van der Waals surface area (Å²) >= 11 is 0. The second kappa shape index (κ2) is 4.83. The fourth-order valence-corrected chi connectivity index (χ4v) is 1.74. The van der Waals surface area contributed by atoms with Crippen molar-refractivity contribution in [3.8, 4) is 11.1 Å². The van der Waals surface area contributed by atoms with Gasteiger partial charge in [-0.2, -0.15) is 0 Å². The third kappa shape index (κ3) is 2.45. The van der Waals surface area contributed by atoms with Crippen molar-refractivity contribution in [2.75, 3.05) is 5.32 Å². The summed E-state index contributed by atoms with van der Waals surface area (Å²) in [5.41, 5.74) is 2.49. The van der Waals surface area contributed by atoms with Crippen LogP contribution >= 0.6 is 0 Å². The highest BCUT2D eigenvalue weighted by Gasteiger charge is 2.08. The molecule has 2 heterocycles. The lowest BCUT2D eigenvalue weighted by Crippen LogP contribution is -2.18. The Kier molecular flexibility index (Phi) is 3.23. The summed E-state index contributed by atoms with van der Waals surface area (Å²) in [6.07, 6.45) is 3.36. The van der Waals surface area contributed by atoms with Crippen LogP contribution in [0.4, 0.5) is 5.69 Å². The number of nitrogens with one attached hydrogen (secondary N) is 2. The fourth-order valence-electron chi connectivity index (χ4n) is 1.74. The van der Waals surface area contributed by atoms with Crippen molar-refractivity contribution in [3.05, 3.63) is 46.6 Å². The Morgan fingerprint density at radius 3 is 2.61 bits per heavy atom. The molecule has 0 aromatic carbocycles. The number of anilines is 1. The minimum atomic E-state index is -0.305. The van der Waals surface area contributed by atoms with Crippen LogP contribution in [0.25, 0.3) is 11.1 Å². The van der Waals surface area contributed by atoms with E-state index in [1.54, 1.807) is 18.5 Å². The summed E-state index contributed by atoms with van der Waals surface area (Å²) in [5.74, 6) is -0.273. The van der Waals surface area contributed by atoms with Gasteiger partial charge in [0.2, 0.25) is 5.91 Å². The van der Waals surface area contributed by atoms with Crippen LogP contribution in [0, 0.1) is 6.92 Å². The quantitative estimate of drug-likeness (QED) is 0.843. The van der Waals surface area contributed by atoms with Gasteiger partial charge >= 0.3 is 0 Å². The standard InChI is InChI=1S/C13H13N3O2/c1-8-11(10-3-5-14-6-4-10)7-12(13(18)15-8)16-9(2)17/h3-7H,1-2H3,(H,15,18)(H,16,17). The molecule has 2 N–H and O–H groups in total. The number of carbonyl (C=O) groups is 1. The number of aromatic amines is 1. The van der Waals surface area contributed by atoms with E-state index in [-0.39, 0.29) is 17.2 Å². The lowest BCUT2D eigenvalue weighted by Gasteiger charge is -2.08. The Balaban J connectivity index is 2.55. The van der Waals surface area contributed by atoms with Crippen molar-refractivity contribution >= 4 is 11.6 Å². The molecule has 2 aromatic heterocycles. The number of amides is 1. The molecule has 0 fully saturated rings. The summed E-state index contributed by atoms with van der Waals surface area (Å²) < 4.78 is 0. The van der Waals surface area contributed by atoms with Crippen molar-refractivity contribution in [3.63, 3.8) is 0 Å². The Morgan fingerprint density at radius 1 is 1.33 bits per heavy atom. The lowest BCUT2D eigenvalue weighted by molar-refractivity contribution is -0.114. The van der Waals surface area contributed by atoms with Gasteiger partial charge in [0.15, 0.2) is 0 Å². The molecule has 0 aliphatic carbocycles. The Hall–Kier alpha value is -2.43. The van der Waals surface area contributed by atoms with Crippen LogP contribution in [-0.2, 0) is 4.79 Å². The van der Waals surface area contributed by atoms with Gasteiger partial charge in [0.25, 0.3) is 5.56 Å². The molecule has 0 saturated carbocycles. The summed E-state index contributed by atoms with van der Waals surface area (Å²) in [6.45, 7) is 3.18. The zero-order chi connectivity index (χ0) is 13.1. The Bertz CT molecular complexity index is 632. The van der Waals surface area contributed by atoms with Gasteiger partial charge in [0.1, 0.15) is 5.69 Å². The van der Waals surface area contributed by atoms with E-state index in [4.69, 9.17) is 0 Å². The molecule has 0 radical (unpaired) electrons. The SMILES string of the molecule is CC(=O)Nc1cc(-c2ccncc2)c(C)[nH]c1=O. The number of H-pyrrole nitrogens is 1. The number of pyridine rings is 2. The van der Waals surface area contributed by atoms with E-state index in [1.165, 1.54) is 6.92 Å². The number of hydrogen-bond donors (Lipinski definition) is 2. The minimum Gasteiger partial charge on any atom is -0.324 e. The van der Waals surface area contributed by atoms with Gasteiger partial charge < -0.3 is 10.3 Å². The van der Waals surface area contributed by atoms with Crippen molar-refractivity contribution in [2.24, 2.45) is 0 Å². The maximum absolute atomic E-state index is 11.7. The molecule has 0 aliphatic rings. The molecule has 5 nitrogen and oxygen atoms in total. The molecule has 0 saturated heterocycles. The fraction of sp³-hybridized carbons (Fsp3) is 0.154. The monoisotopic (exact) mass is 243 g/mol. The van der Waals surface area contributed by atoms with Crippen LogP contribution in [-0.4, -0.2) is 15.9 Å². The molecule has 0 bridgehead atoms. The number of aryl methyl sites for hydroxylation is 1. The molecule has 1 amide bonds. The van der Waals surface area contributed by atoms with Crippen molar-refractivity contribution in [1.82, 2.24) is 9.97 Å². The van der Waals surface area contributed by atoms with E-state index in [0.717, 1.165) is 16.8 Å². The second-order valence-electron chi connectivity index (χ2n) is 3.97. The molecule has 92 valence electrons. The third-order valence-corrected chi connectivity index (χ3v) is 2.54. The molecule has 0 aliphatic heterocycles. The van der Waals surface area contributed by atoms with Gasteiger partial charge in [-0.3, -0.25) is 14.6 Å². The van der Waals surface area contributed by atoms with Crippen LogP contribution < -0.4 is 10.9 Å². The van der Waals surface area contributed by atoms with Crippen molar-refractivity contribution in [1.29, 1.82) is 0 Å². The molecule has 18 heavy (non-hydrogen) atoms. The zero-order valence-corrected chi connectivity index (χ0v) is 10.2. The van der Waals surface area contributed by atoms with E-state index in [2.05, 4.69) is 15.3 Å². The average Bonchev–Trinajstić information content (AvgIpc) is 2.33. The zero-order valence-electron chi connectivity index (χ0n) is 10.2. The number of hydrogen-bond acceptors (Lipinski definition) is 3. The maximum atomic E-state index is 11.7. The van der Waals surface area contributed by atoms with Gasteiger partial charge in [-0.1, -0.05) is 0 Å². The highest BCUT2D eigenvalue weighted by atomic mass is 16.2. The molecule has 0 spiro atoms. The first-order valence-electron chi connectivity index (χ1n) is 5.50. The topological polar surface area (TPSA) is 74.8 Å². The maximum Gasteiger partial charge on any atom is 0.271 e. The minimum absolute atomic E-state index is 0.250. The summed E-state index contributed by atoms with van der Waals surface area (Å²) in [6, 6.07) is 5.36. The van der Waals surface area contributed by atoms with Gasteiger partial charge in [-0.05, 0) is 30.7 Å². The van der Waals surface area contributed by atoms with Crippen LogP contribution in [0.5, 0.6) is 0 Å². The van der Waals surface area contributed by atoms with Crippen LogP contribution in [0.15, 0.2) is 35.4 Å². The molecular formula is C13H13N3O2. The largest absolute Gasteiger partial charge is 0.324 e. The first kappa shape index (κ1) is 12.0. The highest BCUT2D eigenvalue weighted by molar-refractivity contribution is 5.89. The normalized spacial score (nSPS) is 10.1. The van der Waals surface area contributed by atoms with E-state index < -0.39 is 0 Å². The summed E-state index contributed by atoms with van der Waals surface area (Å²) in [4.78, 5) is 29.4. The van der Waals surface area contributed by atoms with E-state index in [1.807, 2.05) is 19.1 Å². The van der Waals surface area contributed by atoms with E-state index in [0.29, 0.717) is 0 Å². The van der Waals surface area contributed by atoms with Crippen LogP contribution in [0.1, 0.15) is 12.6 Å². The lowest BCUT2D eigenvalue weighted by atomic mass is 10.1. The Morgan fingerprint density at radius 2 is 2.00 bits per heavy atom. The third-order valence-electron chi connectivity index (χ3n) is 2.54. The van der Waals surface area contributed by atoms with E-state index in [9.17, 15) is 9.59 Å². The predicted molar refractivity (Wildman–Crippen MR) is 69.3 cm³/mol. The molecule has 0 unspecified atom stereocenters. The van der Waals surface area contributed by atoms with Crippen molar-refractivity contribution < 1.29 is 4.79 Å². The molecule has 2 rings (SSSR count). The number of aromatic nitrogens is 2. The summed E-state index contributed by atoms with van der Waals surface area (Å²) in [7, 11) is 0. The number of carbonyl (C=O) groups excluding carboxylic acids is 1. The van der Waals surface area contributed by atoms with Crippen LogP contribution in [0.2, 0.25) is 0 Å². The first-order valence-corrected chi connectivity index (χ1v) is 5.50. The average molecular weight is 243 g/mol.